The average molecular weight is 307 g/mol. The Labute approximate surface area is 130 Å². The maximum absolute atomic E-state index is 10.8. The number of hydrogen-bond donors (Lipinski definition) is 2. The molecule has 4 heteroatoms. The molecule has 1 amide bonds. The second-order valence-electron chi connectivity index (χ2n) is 5.88. The summed E-state index contributed by atoms with van der Waals surface area (Å²) in [5, 5.41) is 1.53. The molecule has 2 aromatic rings. The standard InChI is InChI=1S/C9H7ClN2O.C8H16/c10-6-1-2-7-5(3-6)4-8(12-7)9(11)13;1-8-6-4-2-3-5-7-8/h1-4,12H,(H2,11,13);8H,2-7H2,1H3. The van der Waals surface area contributed by atoms with Crippen molar-refractivity contribution < 1.29 is 4.79 Å². The number of benzene rings is 1. The van der Waals surface area contributed by atoms with Gasteiger partial charge in [-0.05, 0) is 30.2 Å². The molecule has 3 rings (SSSR count). The zero-order chi connectivity index (χ0) is 15.2. The molecule has 3 N–H and O–H groups in total. The number of carbonyl (C=O) groups excluding carboxylic acids is 1. The third-order valence-corrected chi connectivity index (χ3v) is 4.23. The predicted octanol–water partition coefficient (Wildman–Crippen LogP) is 4.90. The van der Waals surface area contributed by atoms with Gasteiger partial charge in [-0.2, -0.15) is 0 Å². The fourth-order valence-electron chi connectivity index (χ4n) is 2.72. The summed E-state index contributed by atoms with van der Waals surface area (Å²) in [5.41, 5.74) is 6.37. The number of nitrogens with two attached hydrogens (primary N) is 1. The van der Waals surface area contributed by atoms with Gasteiger partial charge < -0.3 is 10.7 Å². The summed E-state index contributed by atoms with van der Waals surface area (Å²) in [4.78, 5) is 13.7. The van der Waals surface area contributed by atoms with E-state index >= 15 is 0 Å². The zero-order valence-electron chi connectivity index (χ0n) is 12.5. The topological polar surface area (TPSA) is 58.9 Å². The van der Waals surface area contributed by atoms with Gasteiger partial charge in [-0.25, -0.2) is 0 Å². The maximum atomic E-state index is 10.8. The predicted molar refractivity (Wildman–Crippen MR) is 88.7 cm³/mol. The van der Waals surface area contributed by atoms with Crippen molar-refractivity contribution in [1.82, 2.24) is 4.98 Å². The van der Waals surface area contributed by atoms with Crippen LogP contribution >= 0.6 is 11.6 Å². The molecule has 21 heavy (non-hydrogen) atoms. The first-order valence-electron chi connectivity index (χ1n) is 7.64. The summed E-state index contributed by atoms with van der Waals surface area (Å²) in [6.07, 6.45) is 8.93. The van der Waals surface area contributed by atoms with Crippen LogP contribution in [-0.4, -0.2) is 10.9 Å². The van der Waals surface area contributed by atoms with E-state index in [1.165, 1.54) is 38.5 Å². The molecule has 0 bridgehead atoms. The highest BCUT2D eigenvalue weighted by molar-refractivity contribution is 6.31. The first kappa shape index (κ1) is 15.9. The fourth-order valence-corrected chi connectivity index (χ4v) is 2.90. The van der Waals surface area contributed by atoms with Gasteiger partial charge in [0.2, 0.25) is 0 Å². The van der Waals surface area contributed by atoms with Crippen molar-refractivity contribution in [2.24, 2.45) is 11.7 Å². The summed E-state index contributed by atoms with van der Waals surface area (Å²) in [7, 11) is 0. The van der Waals surface area contributed by atoms with Gasteiger partial charge >= 0.3 is 0 Å². The minimum atomic E-state index is -0.465. The lowest BCUT2D eigenvalue weighted by atomic mass is 10.0. The van der Waals surface area contributed by atoms with Crippen LogP contribution in [0.2, 0.25) is 5.02 Å². The van der Waals surface area contributed by atoms with Crippen LogP contribution in [0.25, 0.3) is 10.9 Å². The van der Waals surface area contributed by atoms with Crippen LogP contribution in [-0.2, 0) is 0 Å². The molecule has 0 radical (unpaired) electrons. The van der Waals surface area contributed by atoms with Gasteiger partial charge in [0.05, 0.1) is 0 Å². The van der Waals surface area contributed by atoms with Crippen LogP contribution in [0.1, 0.15) is 55.9 Å². The molecule has 0 atom stereocenters. The number of H-pyrrole nitrogens is 1. The maximum Gasteiger partial charge on any atom is 0.265 e. The number of halogens is 1. The fraction of sp³-hybridized carbons (Fsp3) is 0.471. The summed E-state index contributed by atoms with van der Waals surface area (Å²) < 4.78 is 0. The van der Waals surface area contributed by atoms with Gasteiger partial charge in [0.15, 0.2) is 0 Å². The normalized spacial score (nSPS) is 16.1. The van der Waals surface area contributed by atoms with Crippen molar-refractivity contribution in [3.63, 3.8) is 0 Å². The number of aromatic amines is 1. The van der Waals surface area contributed by atoms with E-state index in [0.717, 1.165) is 16.8 Å². The number of nitrogens with one attached hydrogen (secondary N) is 1. The molecule has 0 unspecified atom stereocenters. The van der Waals surface area contributed by atoms with Crippen LogP contribution in [0.15, 0.2) is 24.3 Å². The molecular formula is C17H23ClN2O. The first-order valence-corrected chi connectivity index (χ1v) is 8.02. The smallest absolute Gasteiger partial charge is 0.265 e. The molecule has 1 fully saturated rings. The molecule has 1 aliphatic carbocycles. The molecule has 1 aromatic heterocycles. The van der Waals surface area contributed by atoms with Gasteiger partial charge in [0, 0.05) is 15.9 Å². The molecular weight excluding hydrogens is 284 g/mol. The second kappa shape index (κ2) is 7.51. The van der Waals surface area contributed by atoms with Crippen LogP contribution in [0, 0.1) is 5.92 Å². The lowest BCUT2D eigenvalue weighted by molar-refractivity contribution is 0.0996. The van der Waals surface area contributed by atoms with Crippen LogP contribution in [0.5, 0.6) is 0 Å². The molecule has 1 heterocycles. The van der Waals surface area contributed by atoms with Crippen LogP contribution in [0.3, 0.4) is 0 Å². The molecule has 1 saturated carbocycles. The van der Waals surface area contributed by atoms with Gasteiger partial charge in [0.25, 0.3) is 5.91 Å². The van der Waals surface area contributed by atoms with E-state index in [1.54, 1.807) is 18.2 Å². The van der Waals surface area contributed by atoms with E-state index in [1.807, 2.05) is 6.07 Å². The SMILES string of the molecule is CC1CCCCCC1.NC(=O)c1cc2cc(Cl)ccc2[nH]1. The lowest BCUT2D eigenvalue weighted by Crippen LogP contribution is -2.10. The monoisotopic (exact) mass is 306 g/mol. The minimum Gasteiger partial charge on any atom is -0.364 e. The Hall–Kier alpha value is -1.48. The average Bonchev–Trinajstić information content (AvgIpc) is 2.72. The highest BCUT2D eigenvalue weighted by atomic mass is 35.5. The van der Waals surface area contributed by atoms with Gasteiger partial charge in [-0.15, -0.1) is 0 Å². The second-order valence-corrected chi connectivity index (χ2v) is 6.31. The number of fused-ring (bicyclic) bond motifs is 1. The zero-order valence-corrected chi connectivity index (χ0v) is 13.2. The molecule has 114 valence electrons. The number of rotatable bonds is 1. The van der Waals surface area contributed by atoms with E-state index in [4.69, 9.17) is 17.3 Å². The van der Waals surface area contributed by atoms with E-state index < -0.39 is 5.91 Å². The van der Waals surface area contributed by atoms with Crippen LogP contribution < -0.4 is 5.73 Å². The highest BCUT2D eigenvalue weighted by Gasteiger charge is 2.05. The van der Waals surface area contributed by atoms with Gasteiger partial charge in [0.1, 0.15) is 5.69 Å². The molecule has 0 aliphatic heterocycles. The Morgan fingerprint density at radius 1 is 1.19 bits per heavy atom. The van der Waals surface area contributed by atoms with Gasteiger partial charge in [-0.1, -0.05) is 57.0 Å². The number of aromatic nitrogens is 1. The Kier molecular flexibility index (Phi) is 5.68. The van der Waals surface area contributed by atoms with Crippen molar-refractivity contribution in [1.29, 1.82) is 0 Å². The third kappa shape index (κ3) is 4.78. The van der Waals surface area contributed by atoms with E-state index in [2.05, 4.69) is 11.9 Å². The number of hydrogen-bond acceptors (Lipinski definition) is 1. The quantitative estimate of drug-likeness (QED) is 0.723. The van der Waals surface area contributed by atoms with Crippen molar-refractivity contribution in [2.75, 3.05) is 0 Å². The Morgan fingerprint density at radius 2 is 1.86 bits per heavy atom. The Morgan fingerprint density at radius 3 is 2.48 bits per heavy atom. The summed E-state index contributed by atoms with van der Waals surface area (Å²) in [5.74, 6) is 0.560. The molecule has 1 aliphatic rings. The van der Waals surface area contributed by atoms with Crippen LogP contribution in [0.4, 0.5) is 0 Å². The number of carbonyl (C=O) groups is 1. The first-order chi connectivity index (χ1) is 10.1. The van der Waals surface area contributed by atoms with Crippen molar-refractivity contribution >= 4 is 28.4 Å². The van der Waals surface area contributed by atoms with E-state index in [0.29, 0.717) is 10.7 Å². The third-order valence-electron chi connectivity index (χ3n) is 3.99. The summed E-state index contributed by atoms with van der Waals surface area (Å²) in [6.45, 7) is 2.38. The van der Waals surface area contributed by atoms with E-state index in [-0.39, 0.29) is 0 Å². The van der Waals surface area contributed by atoms with Crippen molar-refractivity contribution in [3.8, 4) is 0 Å². The van der Waals surface area contributed by atoms with E-state index in [9.17, 15) is 4.79 Å². The molecule has 1 aromatic carbocycles. The largest absolute Gasteiger partial charge is 0.364 e. The molecule has 0 spiro atoms. The number of amides is 1. The summed E-state index contributed by atoms with van der Waals surface area (Å²) >= 11 is 5.78. The number of primary amides is 1. The Bertz CT molecular complexity index is 598. The van der Waals surface area contributed by atoms with Crippen molar-refractivity contribution in [3.05, 3.63) is 35.0 Å². The highest BCUT2D eigenvalue weighted by Crippen LogP contribution is 2.21. The lowest BCUT2D eigenvalue weighted by Gasteiger charge is -2.02. The molecule has 3 nitrogen and oxygen atoms in total. The van der Waals surface area contributed by atoms with Gasteiger partial charge in [-0.3, -0.25) is 4.79 Å². The summed E-state index contributed by atoms with van der Waals surface area (Å²) in [6, 6.07) is 7.03. The Balaban J connectivity index is 0.000000173. The van der Waals surface area contributed by atoms with Crippen molar-refractivity contribution in [2.45, 2.75) is 45.4 Å². The molecule has 0 saturated heterocycles. The minimum absolute atomic E-state index is 0.400.